The van der Waals surface area contributed by atoms with Gasteiger partial charge in [-0.1, -0.05) is 24.3 Å². The summed E-state index contributed by atoms with van der Waals surface area (Å²) < 4.78 is 0. The summed E-state index contributed by atoms with van der Waals surface area (Å²) >= 11 is 0. The van der Waals surface area contributed by atoms with E-state index >= 15 is 0 Å². The summed E-state index contributed by atoms with van der Waals surface area (Å²) in [6.45, 7) is 7.48. The SMILES string of the molecule is C=CCc1ccc(O)c(-c2cc(CC=C)ccc2ON)c1. The molecule has 2 aromatic rings. The Morgan fingerprint density at radius 2 is 1.52 bits per heavy atom. The van der Waals surface area contributed by atoms with Crippen LogP contribution in [-0.4, -0.2) is 5.11 Å². The lowest BCUT2D eigenvalue weighted by Gasteiger charge is -2.12. The number of rotatable bonds is 6. The van der Waals surface area contributed by atoms with E-state index in [0.29, 0.717) is 11.3 Å². The second kappa shape index (κ2) is 6.77. The van der Waals surface area contributed by atoms with Gasteiger partial charge in [-0.25, -0.2) is 0 Å². The fraction of sp³-hybridized carbons (Fsp3) is 0.111. The van der Waals surface area contributed by atoms with Crippen molar-refractivity contribution in [1.82, 2.24) is 0 Å². The Balaban J connectivity index is 2.57. The van der Waals surface area contributed by atoms with Gasteiger partial charge < -0.3 is 9.94 Å². The van der Waals surface area contributed by atoms with Crippen molar-refractivity contribution in [3.63, 3.8) is 0 Å². The second-order valence-corrected chi connectivity index (χ2v) is 4.79. The molecule has 0 saturated carbocycles. The van der Waals surface area contributed by atoms with Gasteiger partial charge in [-0.05, 0) is 48.2 Å². The van der Waals surface area contributed by atoms with Crippen molar-refractivity contribution >= 4 is 0 Å². The van der Waals surface area contributed by atoms with Crippen molar-refractivity contribution in [2.45, 2.75) is 12.8 Å². The third-order valence-electron chi connectivity index (χ3n) is 3.28. The van der Waals surface area contributed by atoms with E-state index in [1.54, 1.807) is 12.1 Å². The largest absolute Gasteiger partial charge is 0.507 e. The number of phenolic OH excluding ortho intramolecular Hbond substituents is 1. The minimum atomic E-state index is 0.192. The van der Waals surface area contributed by atoms with Crippen LogP contribution in [0.15, 0.2) is 61.7 Å². The number of aromatic hydroxyl groups is 1. The van der Waals surface area contributed by atoms with Gasteiger partial charge in [-0.2, -0.15) is 5.90 Å². The molecule has 3 N–H and O–H groups in total. The zero-order valence-electron chi connectivity index (χ0n) is 11.9. The van der Waals surface area contributed by atoms with Crippen LogP contribution < -0.4 is 10.7 Å². The van der Waals surface area contributed by atoms with Crippen LogP contribution in [0.5, 0.6) is 11.5 Å². The maximum absolute atomic E-state index is 10.2. The van der Waals surface area contributed by atoms with E-state index in [-0.39, 0.29) is 5.75 Å². The molecule has 0 aromatic heterocycles. The molecule has 3 nitrogen and oxygen atoms in total. The van der Waals surface area contributed by atoms with Gasteiger partial charge in [0.05, 0.1) is 0 Å². The Bertz CT molecular complexity index is 662. The van der Waals surface area contributed by atoms with Crippen molar-refractivity contribution in [2.75, 3.05) is 0 Å². The molecule has 21 heavy (non-hydrogen) atoms. The number of phenols is 1. The Morgan fingerprint density at radius 1 is 0.952 bits per heavy atom. The van der Waals surface area contributed by atoms with Crippen LogP contribution in [0.3, 0.4) is 0 Å². The third-order valence-corrected chi connectivity index (χ3v) is 3.28. The van der Waals surface area contributed by atoms with E-state index in [1.165, 1.54) is 0 Å². The summed E-state index contributed by atoms with van der Waals surface area (Å²) in [7, 11) is 0. The van der Waals surface area contributed by atoms with Gasteiger partial charge in [0, 0.05) is 11.1 Å². The van der Waals surface area contributed by atoms with Gasteiger partial charge in [0.2, 0.25) is 0 Å². The predicted molar refractivity (Wildman–Crippen MR) is 86.2 cm³/mol. The van der Waals surface area contributed by atoms with Crippen molar-refractivity contribution < 1.29 is 9.94 Å². The number of benzene rings is 2. The minimum Gasteiger partial charge on any atom is -0.507 e. The molecule has 0 aliphatic heterocycles. The molecule has 0 aliphatic carbocycles. The molecule has 108 valence electrons. The Hall–Kier alpha value is -2.52. The first-order valence-corrected chi connectivity index (χ1v) is 6.73. The third kappa shape index (κ3) is 3.33. The van der Waals surface area contributed by atoms with Crippen LogP contribution >= 0.6 is 0 Å². The molecular formula is C18H19NO2. The highest BCUT2D eigenvalue weighted by atomic mass is 16.6. The van der Waals surface area contributed by atoms with Crippen LogP contribution in [0.25, 0.3) is 11.1 Å². The lowest BCUT2D eigenvalue weighted by molar-refractivity contribution is 0.335. The Kier molecular flexibility index (Phi) is 4.80. The van der Waals surface area contributed by atoms with E-state index < -0.39 is 0 Å². The first-order valence-electron chi connectivity index (χ1n) is 6.73. The van der Waals surface area contributed by atoms with E-state index in [1.807, 2.05) is 36.4 Å². The molecule has 0 spiro atoms. The molecular weight excluding hydrogens is 262 g/mol. The summed E-state index contributed by atoms with van der Waals surface area (Å²) in [5.74, 6) is 6.05. The lowest BCUT2D eigenvalue weighted by Crippen LogP contribution is -2.03. The zero-order valence-corrected chi connectivity index (χ0v) is 11.9. The molecule has 0 amide bonds. The first-order chi connectivity index (χ1) is 10.2. The highest BCUT2D eigenvalue weighted by Crippen LogP contribution is 2.37. The molecule has 0 fully saturated rings. The van der Waals surface area contributed by atoms with Crippen LogP contribution in [0.2, 0.25) is 0 Å². The van der Waals surface area contributed by atoms with Crippen molar-refractivity contribution in [1.29, 1.82) is 0 Å². The number of hydrogen-bond acceptors (Lipinski definition) is 3. The van der Waals surface area contributed by atoms with Crippen LogP contribution in [-0.2, 0) is 12.8 Å². The topological polar surface area (TPSA) is 55.5 Å². The zero-order chi connectivity index (χ0) is 15.2. The molecule has 0 atom stereocenters. The summed E-state index contributed by atoms with van der Waals surface area (Å²) in [5, 5.41) is 10.2. The van der Waals surface area contributed by atoms with Crippen LogP contribution in [0.1, 0.15) is 11.1 Å². The quantitative estimate of drug-likeness (QED) is 0.626. The normalized spacial score (nSPS) is 10.1. The van der Waals surface area contributed by atoms with Gasteiger partial charge in [-0.3, -0.25) is 0 Å². The molecule has 0 radical (unpaired) electrons. The molecule has 0 unspecified atom stereocenters. The van der Waals surface area contributed by atoms with E-state index in [4.69, 9.17) is 10.7 Å². The summed E-state index contributed by atoms with van der Waals surface area (Å²) in [4.78, 5) is 4.93. The second-order valence-electron chi connectivity index (χ2n) is 4.79. The highest BCUT2D eigenvalue weighted by molar-refractivity contribution is 5.76. The standard InChI is InChI=1S/C18H19NO2/c1-3-5-13-7-9-17(20)15(11-13)16-12-14(6-4-2)8-10-18(16)21-19/h3-4,7-12,20H,1-2,5-6,19H2. The Labute approximate surface area is 125 Å². The number of allylic oxidation sites excluding steroid dienone is 2. The summed E-state index contributed by atoms with van der Waals surface area (Å²) in [6.07, 6.45) is 5.13. The van der Waals surface area contributed by atoms with Gasteiger partial charge in [-0.15, -0.1) is 13.2 Å². The van der Waals surface area contributed by atoms with Crippen molar-refractivity contribution in [2.24, 2.45) is 5.90 Å². The maximum Gasteiger partial charge on any atom is 0.154 e. The van der Waals surface area contributed by atoms with E-state index in [9.17, 15) is 5.11 Å². The molecule has 0 saturated heterocycles. The lowest BCUT2D eigenvalue weighted by atomic mass is 9.97. The molecule has 0 heterocycles. The van der Waals surface area contributed by atoms with Gasteiger partial charge in [0.25, 0.3) is 0 Å². The van der Waals surface area contributed by atoms with Gasteiger partial charge >= 0.3 is 0 Å². The van der Waals surface area contributed by atoms with Gasteiger partial charge in [0.1, 0.15) is 5.75 Å². The molecule has 0 bridgehead atoms. The fourth-order valence-corrected chi connectivity index (χ4v) is 2.28. The smallest absolute Gasteiger partial charge is 0.154 e. The van der Waals surface area contributed by atoms with E-state index in [0.717, 1.165) is 29.5 Å². The monoisotopic (exact) mass is 281 g/mol. The molecule has 2 rings (SSSR count). The summed E-state index contributed by atoms with van der Waals surface area (Å²) in [5.41, 5.74) is 3.60. The van der Waals surface area contributed by atoms with E-state index in [2.05, 4.69) is 13.2 Å². The number of hydrogen-bond donors (Lipinski definition) is 2. The molecule has 3 heteroatoms. The number of nitrogens with two attached hydrogens (primary N) is 1. The molecule has 0 aliphatic rings. The van der Waals surface area contributed by atoms with Crippen molar-refractivity contribution in [3.8, 4) is 22.6 Å². The average Bonchev–Trinajstić information content (AvgIpc) is 2.50. The van der Waals surface area contributed by atoms with Crippen LogP contribution in [0.4, 0.5) is 0 Å². The highest BCUT2D eigenvalue weighted by Gasteiger charge is 2.12. The summed E-state index contributed by atoms with van der Waals surface area (Å²) in [6, 6.07) is 11.2. The van der Waals surface area contributed by atoms with Crippen molar-refractivity contribution in [3.05, 3.63) is 72.8 Å². The first kappa shape index (κ1) is 14.9. The fourth-order valence-electron chi connectivity index (χ4n) is 2.28. The van der Waals surface area contributed by atoms with Crippen LogP contribution in [0, 0.1) is 0 Å². The minimum absolute atomic E-state index is 0.192. The van der Waals surface area contributed by atoms with Gasteiger partial charge in [0.15, 0.2) is 5.75 Å². The maximum atomic E-state index is 10.2. The Morgan fingerprint density at radius 3 is 2.10 bits per heavy atom. The average molecular weight is 281 g/mol. The predicted octanol–water partition coefficient (Wildman–Crippen LogP) is 3.77. The molecule has 2 aromatic carbocycles.